The topological polar surface area (TPSA) is 90.2 Å². The van der Waals surface area contributed by atoms with Crippen molar-refractivity contribution in [3.8, 4) is 5.75 Å². The average molecular weight is 308 g/mol. The zero-order valence-corrected chi connectivity index (χ0v) is 13.0. The van der Waals surface area contributed by atoms with Gasteiger partial charge in [-0.25, -0.2) is 0 Å². The third-order valence-corrected chi connectivity index (χ3v) is 4.11. The molecule has 3 atom stereocenters. The molecule has 4 N–H and O–H groups in total. The first kappa shape index (κ1) is 17.0. The monoisotopic (exact) mass is 308 g/mol. The molecule has 1 aromatic rings. The smallest absolute Gasteiger partial charge is 0.121 e. The zero-order valence-electron chi connectivity index (χ0n) is 13.0. The average Bonchev–Trinajstić information content (AvgIpc) is 2.91. The van der Waals surface area contributed by atoms with E-state index in [0.29, 0.717) is 13.0 Å². The standard InChI is InChI=1S/C17H24O5/c1-10(8-18)3-4-12-5-6-14(20)13-9-22-16(17(12)13)7-15(21)11(2)19/h3,5-6,11,15-16,18-21H,4,7-9H2,1-2H3/b10-3+/t11-,15+,16+/m0/s1. The van der Waals surface area contributed by atoms with Crippen molar-refractivity contribution in [2.45, 2.75) is 51.6 Å². The molecule has 0 aromatic heterocycles. The van der Waals surface area contributed by atoms with E-state index >= 15 is 0 Å². The van der Waals surface area contributed by atoms with E-state index < -0.39 is 12.2 Å². The Morgan fingerprint density at radius 1 is 1.41 bits per heavy atom. The van der Waals surface area contributed by atoms with Gasteiger partial charge in [0.25, 0.3) is 0 Å². The number of aliphatic hydroxyl groups is 3. The maximum Gasteiger partial charge on any atom is 0.121 e. The summed E-state index contributed by atoms with van der Waals surface area (Å²) in [7, 11) is 0. The highest BCUT2D eigenvalue weighted by atomic mass is 16.5. The first-order valence-electron chi connectivity index (χ1n) is 7.51. The van der Waals surface area contributed by atoms with Gasteiger partial charge in [0.1, 0.15) is 5.75 Å². The SMILES string of the molecule is C/C(=C\Cc1ccc(O)c2c1[C@@H](C[C@@H](O)[C@H](C)O)OC2)CO. The van der Waals surface area contributed by atoms with Gasteiger partial charge in [0.05, 0.1) is 31.5 Å². The van der Waals surface area contributed by atoms with Crippen LogP contribution in [0.3, 0.4) is 0 Å². The zero-order chi connectivity index (χ0) is 16.3. The molecule has 122 valence electrons. The molecular formula is C17H24O5. The van der Waals surface area contributed by atoms with Gasteiger partial charge in [0.2, 0.25) is 0 Å². The van der Waals surface area contributed by atoms with Crippen LogP contribution in [0.25, 0.3) is 0 Å². The summed E-state index contributed by atoms with van der Waals surface area (Å²) in [4.78, 5) is 0. The second kappa shape index (κ2) is 7.24. The number of rotatable bonds is 6. The normalized spacial score (nSPS) is 20.8. The van der Waals surface area contributed by atoms with E-state index in [2.05, 4.69) is 0 Å². The first-order valence-corrected chi connectivity index (χ1v) is 7.51. The van der Waals surface area contributed by atoms with Gasteiger partial charge in [-0.15, -0.1) is 0 Å². The lowest BCUT2D eigenvalue weighted by atomic mass is 9.92. The van der Waals surface area contributed by atoms with Crippen LogP contribution in [0, 0.1) is 0 Å². The summed E-state index contributed by atoms with van der Waals surface area (Å²) < 4.78 is 5.70. The van der Waals surface area contributed by atoms with E-state index in [1.54, 1.807) is 6.07 Å². The van der Waals surface area contributed by atoms with Crippen LogP contribution in [0.5, 0.6) is 5.75 Å². The minimum absolute atomic E-state index is 0.0148. The largest absolute Gasteiger partial charge is 0.508 e. The van der Waals surface area contributed by atoms with Crippen LogP contribution in [0.15, 0.2) is 23.8 Å². The second-order valence-electron chi connectivity index (χ2n) is 5.89. The third kappa shape index (κ3) is 3.67. The molecule has 0 amide bonds. The molecule has 5 nitrogen and oxygen atoms in total. The summed E-state index contributed by atoms with van der Waals surface area (Å²) in [5.74, 6) is 0.190. The Morgan fingerprint density at radius 3 is 2.77 bits per heavy atom. The van der Waals surface area contributed by atoms with Crippen molar-refractivity contribution in [1.29, 1.82) is 0 Å². The number of benzene rings is 1. The molecule has 1 heterocycles. The van der Waals surface area contributed by atoms with Gasteiger partial charge in [-0.1, -0.05) is 17.7 Å². The molecule has 0 saturated carbocycles. The summed E-state index contributed by atoms with van der Waals surface area (Å²) in [6.07, 6.45) is 0.798. The van der Waals surface area contributed by atoms with Crippen LogP contribution in [0.2, 0.25) is 0 Å². The molecule has 0 aliphatic carbocycles. The van der Waals surface area contributed by atoms with Crippen molar-refractivity contribution in [1.82, 2.24) is 0 Å². The predicted molar refractivity (Wildman–Crippen MR) is 82.5 cm³/mol. The van der Waals surface area contributed by atoms with Gasteiger partial charge in [0.15, 0.2) is 0 Å². The van der Waals surface area contributed by atoms with Gasteiger partial charge in [-0.2, -0.15) is 0 Å². The van der Waals surface area contributed by atoms with Crippen molar-refractivity contribution in [2.75, 3.05) is 6.61 Å². The van der Waals surface area contributed by atoms with Crippen molar-refractivity contribution >= 4 is 0 Å². The Morgan fingerprint density at radius 2 is 2.14 bits per heavy atom. The highest BCUT2D eigenvalue weighted by molar-refractivity contribution is 5.48. The lowest BCUT2D eigenvalue weighted by molar-refractivity contribution is -0.0242. The molecule has 0 unspecified atom stereocenters. The number of phenols is 1. The summed E-state index contributed by atoms with van der Waals surface area (Å²) in [5.41, 5.74) is 3.51. The number of aliphatic hydroxyl groups excluding tert-OH is 3. The van der Waals surface area contributed by atoms with Crippen molar-refractivity contribution in [3.63, 3.8) is 0 Å². The molecule has 2 rings (SSSR count). The first-order chi connectivity index (χ1) is 10.4. The Hall–Kier alpha value is -1.40. The van der Waals surface area contributed by atoms with E-state index in [4.69, 9.17) is 9.84 Å². The number of phenolic OH excluding ortho intramolecular Hbond substituents is 1. The lowest BCUT2D eigenvalue weighted by Gasteiger charge is -2.20. The summed E-state index contributed by atoms with van der Waals surface area (Å²) in [6, 6.07) is 3.48. The number of ether oxygens (including phenoxy) is 1. The number of hydrogen-bond donors (Lipinski definition) is 4. The predicted octanol–water partition coefficient (Wildman–Crippen LogP) is 1.58. The van der Waals surface area contributed by atoms with Gasteiger partial charge >= 0.3 is 0 Å². The molecule has 0 saturated heterocycles. The molecule has 0 bridgehead atoms. The number of hydrogen-bond acceptors (Lipinski definition) is 5. The van der Waals surface area contributed by atoms with Gasteiger partial charge in [0, 0.05) is 12.0 Å². The van der Waals surface area contributed by atoms with E-state index in [-0.39, 0.29) is 24.9 Å². The van der Waals surface area contributed by atoms with Crippen LogP contribution in [-0.4, -0.2) is 39.2 Å². The fourth-order valence-electron chi connectivity index (χ4n) is 2.65. The van der Waals surface area contributed by atoms with Gasteiger partial charge in [-0.05, 0) is 37.5 Å². The van der Waals surface area contributed by atoms with Crippen LogP contribution >= 0.6 is 0 Å². The number of fused-ring (bicyclic) bond motifs is 1. The molecule has 0 radical (unpaired) electrons. The quantitative estimate of drug-likeness (QED) is 0.599. The fraction of sp³-hybridized carbons (Fsp3) is 0.529. The minimum atomic E-state index is -0.874. The molecule has 1 aliphatic rings. The van der Waals surface area contributed by atoms with E-state index in [9.17, 15) is 15.3 Å². The third-order valence-electron chi connectivity index (χ3n) is 4.11. The summed E-state index contributed by atoms with van der Waals surface area (Å²) in [6.45, 7) is 3.71. The molecule has 1 aromatic carbocycles. The van der Waals surface area contributed by atoms with Gasteiger partial charge in [-0.3, -0.25) is 0 Å². The van der Waals surface area contributed by atoms with Gasteiger partial charge < -0.3 is 25.2 Å². The maximum atomic E-state index is 9.99. The molecule has 0 spiro atoms. The van der Waals surface area contributed by atoms with Crippen molar-refractivity contribution in [2.24, 2.45) is 0 Å². The molecule has 5 heteroatoms. The Labute approximate surface area is 130 Å². The van der Waals surface area contributed by atoms with Crippen molar-refractivity contribution < 1.29 is 25.2 Å². The molecule has 22 heavy (non-hydrogen) atoms. The highest BCUT2D eigenvalue weighted by Crippen LogP contribution is 2.41. The number of allylic oxidation sites excluding steroid dienone is 1. The Kier molecular flexibility index (Phi) is 5.58. The van der Waals surface area contributed by atoms with Crippen molar-refractivity contribution in [3.05, 3.63) is 40.5 Å². The van der Waals surface area contributed by atoms with Crippen LogP contribution in [0.1, 0.15) is 43.1 Å². The summed E-state index contributed by atoms with van der Waals surface area (Å²) >= 11 is 0. The maximum absolute atomic E-state index is 9.99. The highest BCUT2D eigenvalue weighted by Gasteiger charge is 2.31. The van der Waals surface area contributed by atoms with E-state index in [1.807, 2.05) is 19.1 Å². The van der Waals surface area contributed by atoms with Crippen LogP contribution < -0.4 is 0 Å². The Balaban J connectivity index is 2.29. The summed E-state index contributed by atoms with van der Waals surface area (Å²) in [5, 5.41) is 38.4. The second-order valence-corrected chi connectivity index (χ2v) is 5.89. The van der Waals surface area contributed by atoms with Crippen LogP contribution in [0.4, 0.5) is 0 Å². The van der Waals surface area contributed by atoms with E-state index in [1.165, 1.54) is 6.92 Å². The van der Waals surface area contributed by atoms with E-state index in [0.717, 1.165) is 22.3 Å². The molecular weight excluding hydrogens is 284 g/mol. The molecule has 1 aliphatic heterocycles. The fourth-order valence-corrected chi connectivity index (χ4v) is 2.65. The Bertz CT molecular complexity index is 550. The number of aromatic hydroxyl groups is 1. The molecule has 0 fully saturated rings. The van der Waals surface area contributed by atoms with Crippen LogP contribution in [-0.2, 0) is 17.8 Å². The minimum Gasteiger partial charge on any atom is -0.508 e. The lowest BCUT2D eigenvalue weighted by Crippen LogP contribution is -2.25.